The molecule has 1 atom stereocenters. The summed E-state index contributed by atoms with van der Waals surface area (Å²) in [4.78, 5) is 13.3. The van der Waals surface area contributed by atoms with Crippen LogP contribution in [-0.4, -0.2) is 51.6 Å². The first kappa shape index (κ1) is 14.2. The fraction of sp³-hybridized carbons (Fsp3) is 0.533. The third-order valence-corrected chi connectivity index (χ3v) is 4.10. The molecule has 3 heterocycles. The number of pyridine rings is 1. The summed E-state index contributed by atoms with van der Waals surface area (Å²) in [5, 5.41) is 3.91. The average Bonchev–Trinajstić information content (AvgIpc) is 2.90. The molecule has 2 aromatic rings. The first-order valence-electron chi connectivity index (χ1n) is 7.26. The number of aromatic nitrogens is 3. The van der Waals surface area contributed by atoms with E-state index in [-0.39, 0.29) is 6.04 Å². The Balaban J connectivity index is 1.72. The molecule has 0 radical (unpaired) electrons. The van der Waals surface area contributed by atoms with Crippen LogP contribution in [0.15, 0.2) is 23.0 Å². The summed E-state index contributed by atoms with van der Waals surface area (Å²) in [7, 11) is 2.11. The zero-order valence-electron chi connectivity index (χ0n) is 12.8. The second kappa shape index (κ2) is 5.91. The molecule has 6 nitrogen and oxygen atoms in total. The van der Waals surface area contributed by atoms with Gasteiger partial charge in [0.1, 0.15) is 6.04 Å². The van der Waals surface area contributed by atoms with Crippen LogP contribution >= 0.6 is 0 Å². The van der Waals surface area contributed by atoms with Crippen molar-refractivity contribution in [1.82, 2.24) is 24.9 Å². The molecule has 6 heteroatoms. The Morgan fingerprint density at radius 3 is 2.90 bits per heavy atom. The predicted octanol–water partition coefficient (Wildman–Crippen LogP) is 1.57. The van der Waals surface area contributed by atoms with Crippen LogP contribution in [-0.2, 0) is 6.54 Å². The molecule has 0 bridgehead atoms. The molecule has 0 saturated carbocycles. The van der Waals surface area contributed by atoms with Crippen molar-refractivity contribution in [2.75, 3.05) is 26.7 Å². The van der Waals surface area contributed by atoms with E-state index in [1.165, 1.54) is 11.1 Å². The maximum atomic E-state index is 5.35. The van der Waals surface area contributed by atoms with Gasteiger partial charge >= 0.3 is 0 Å². The maximum absolute atomic E-state index is 5.35. The molecule has 0 unspecified atom stereocenters. The normalized spacial score (nSPS) is 20.8. The highest BCUT2D eigenvalue weighted by atomic mass is 16.5. The number of rotatable bonds is 3. The predicted molar refractivity (Wildman–Crippen MR) is 78.7 cm³/mol. The molecule has 0 N–H and O–H groups in total. The lowest BCUT2D eigenvalue weighted by Crippen LogP contribution is -2.46. The number of nitrogens with zero attached hydrogens (tertiary/aromatic N) is 5. The van der Waals surface area contributed by atoms with Gasteiger partial charge in [0.15, 0.2) is 5.82 Å². The molecule has 21 heavy (non-hydrogen) atoms. The van der Waals surface area contributed by atoms with Crippen molar-refractivity contribution in [2.24, 2.45) is 0 Å². The van der Waals surface area contributed by atoms with Gasteiger partial charge in [0.25, 0.3) is 0 Å². The van der Waals surface area contributed by atoms with Crippen molar-refractivity contribution in [3.63, 3.8) is 0 Å². The lowest BCUT2D eigenvalue weighted by molar-refractivity contribution is 0.0713. The Morgan fingerprint density at radius 2 is 2.19 bits per heavy atom. The van der Waals surface area contributed by atoms with E-state index in [1.54, 1.807) is 0 Å². The Labute approximate surface area is 124 Å². The van der Waals surface area contributed by atoms with Crippen LogP contribution in [0, 0.1) is 13.8 Å². The van der Waals surface area contributed by atoms with Crippen molar-refractivity contribution < 1.29 is 4.52 Å². The molecule has 0 aromatic carbocycles. The fourth-order valence-corrected chi connectivity index (χ4v) is 2.69. The van der Waals surface area contributed by atoms with E-state index in [4.69, 9.17) is 4.52 Å². The van der Waals surface area contributed by atoms with Gasteiger partial charge in [-0.3, -0.25) is 14.8 Å². The molecule has 2 aromatic heterocycles. The summed E-state index contributed by atoms with van der Waals surface area (Å²) in [6.45, 7) is 7.82. The summed E-state index contributed by atoms with van der Waals surface area (Å²) in [6.07, 6.45) is 3.80. The van der Waals surface area contributed by atoms with Crippen LogP contribution in [0.2, 0.25) is 0 Å². The minimum Gasteiger partial charge on any atom is -0.338 e. The van der Waals surface area contributed by atoms with Gasteiger partial charge in [-0.1, -0.05) is 5.16 Å². The fourth-order valence-electron chi connectivity index (χ4n) is 2.69. The summed E-state index contributed by atoms with van der Waals surface area (Å²) >= 11 is 0. The number of piperazine rings is 1. The van der Waals surface area contributed by atoms with E-state index in [0.29, 0.717) is 11.7 Å². The first-order chi connectivity index (χ1) is 10.1. The molecule has 112 valence electrons. The van der Waals surface area contributed by atoms with E-state index in [2.05, 4.69) is 45.0 Å². The van der Waals surface area contributed by atoms with Crippen molar-refractivity contribution >= 4 is 0 Å². The molecule has 0 aliphatic carbocycles. The third kappa shape index (κ3) is 3.11. The Hall–Kier alpha value is -1.79. The zero-order chi connectivity index (χ0) is 14.8. The molecular formula is C15H21N5O. The monoisotopic (exact) mass is 287 g/mol. The highest BCUT2D eigenvalue weighted by Gasteiger charge is 2.29. The van der Waals surface area contributed by atoms with E-state index in [1.807, 2.05) is 19.3 Å². The lowest BCUT2D eigenvalue weighted by Gasteiger charge is -2.37. The second-order valence-electron chi connectivity index (χ2n) is 5.71. The largest absolute Gasteiger partial charge is 0.338 e. The van der Waals surface area contributed by atoms with Crippen molar-refractivity contribution in [2.45, 2.75) is 26.4 Å². The first-order valence-corrected chi connectivity index (χ1v) is 7.26. The topological polar surface area (TPSA) is 58.3 Å². The minimum atomic E-state index is 0.164. The van der Waals surface area contributed by atoms with E-state index >= 15 is 0 Å². The summed E-state index contributed by atoms with van der Waals surface area (Å²) in [5.74, 6) is 1.40. The molecule has 1 fully saturated rings. The smallest absolute Gasteiger partial charge is 0.245 e. The van der Waals surface area contributed by atoms with E-state index in [9.17, 15) is 0 Å². The molecular weight excluding hydrogens is 266 g/mol. The Bertz CT molecular complexity index is 612. The molecule has 0 spiro atoms. The van der Waals surface area contributed by atoms with E-state index in [0.717, 1.165) is 26.2 Å². The van der Waals surface area contributed by atoms with E-state index < -0.39 is 0 Å². The molecule has 0 amide bonds. The number of likely N-dealkylation sites (N-methyl/N-ethyl adjacent to an activating group) is 1. The van der Waals surface area contributed by atoms with Crippen LogP contribution in [0.3, 0.4) is 0 Å². The SMILES string of the molecule is Cc1noc([C@@H]2CN(Cc3cnccc3C)CCN2C)n1. The van der Waals surface area contributed by atoms with Crippen LogP contribution in [0.25, 0.3) is 0 Å². The van der Waals surface area contributed by atoms with Crippen molar-refractivity contribution in [3.8, 4) is 0 Å². The average molecular weight is 287 g/mol. The van der Waals surface area contributed by atoms with Gasteiger partial charge in [-0.2, -0.15) is 4.98 Å². The van der Waals surface area contributed by atoms with Gasteiger partial charge in [0.05, 0.1) is 0 Å². The zero-order valence-corrected chi connectivity index (χ0v) is 12.8. The van der Waals surface area contributed by atoms with Crippen LogP contribution < -0.4 is 0 Å². The minimum absolute atomic E-state index is 0.164. The van der Waals surface area contributed by atoms with Crippen molar-refractivity contribution in [3.05, 3.63) is 41.3 Å². The highest BCUT2D eigenvalue weighted by molar-refractivity contribution is 5.21. The standard InChI is InChI=1S/C15H21N5O/c1-11-4-5-16-8-13(11)9-20-7-6-19(3)14(10-20)15-17-12(2)18-21-15/h4-5,8,14H,6-7,9-10H2,1-3H3/t14-/m0/s1. The van der Waals surface area contributed by atoms with Gasteiger partial charge in [0, 0.05) is 38.6 Å². The van der Waals surface area contributed by atoms with Crippen LogP contribution in [0.5, 0.6) is 0 Å². The number of hydrogen-bond acceptors (Lipinski definition) is 6. The molecule has 1 saturated heterocycles. The highest BCUT2D eigenvalue weighted by Crippen LogP contribution is 2.24. The lowest BCUT2D eigenvalue weighted by atomic mass is 10.1. The Kier molecular flexibility index (Phi) is 3.98. The molecule has 3 rings (SSSR count). The van der Waals surface area contributed by atoms with Gasteiger partial charge in [0.2, 0.25) is 5.89 Å². The summed E-state index contributed by atoms with van der Waals surface area (Å²) in [5.41, 5.74) is 2.57. The maximum Gasteiger partial charge on any atom is 0.245 e. The van der Waals surface area contributed by atoms with Gasteiger partial charge < -0.3 is 4.52 Å². The van der Waals surface area contributed by atoms with Gasteiger partial charge in [-0.15, -0.1) is 0 Å². The number of hydrogen-bond donors (Lipinski definition) is 0. The number of aryl methyl sites for hydroxylation is 2. The van der Waals surface area contributed by atoms with Crippen LogP contribution in [0.1, 0.15) is 28.9 Å². The summed E-state index contributed by atoms with van der Waals surface area (Å²) < 4.78 is 5.35. The van der Waals surface area contributed by atoms with Gasteiger partial charge in [-0.05, 0) is 38.1 Å². The molecule has 1 aliphatic heterocycles. The quantitative estimate of drug-likeness (QED) is 0.854. The third-order valence-electron chi connectivity index (χ3n) is 4.10. The van der Waals surface area contributed by atoms with Gasteiger partial charge in [-0.25, -0.2) is 0 Å². The van der Waals surface area contributed by atoms with Crippen molar-refractivity contribution in [1.29, 1.82) is 0 Å². The second-order valence-corrected chi connectivity index (χ2v) is 5.71. The summed E-state index contributed by atoms with van der Waals surface area (Å²) in [6, 6.07) is 2.22. The van der Waals surface area contributed by atoms with Crippen LogP contribution in [0.4, 0.5) is 0 Å². The molecule has 1 aliphatic rings. The Morgan fingerprint density at radius 1 is 1.33 bits per heavy atom.